The number of benzene rings is 8. The largest absolute Gasteiger partial charge is 0.456 e. The van der Waals surface area contributed by atoms with Gasteiger partial charge in [-0.1, -0.05) is 133 Å². The third kappa shape index (κ3) is 4.77. The van der Waals surface area contributed by atoms with Crippen molar-refractivity contribution in [2.24, 2.45) is 0 Å². The maximum atomic E-state index is 6.66. The molecule has 0 aliphatic heterocycles. The summed E-state index contributed by atoms with van der Waals surface area (Å²) >= 11 is 0. The minimum Gasteiger partial charge on any atom is -0.456 e. The van der Waals surface area contributed by atoms with Crippen molar-refractivity contribution < 1.29 is 8.83 Å². The SMILES string of the molecule is C1=C(c2nc(-c3ccc4ccc5ccccc5c4c3)nc(-c3cccc4oc5c(-c6ccccc6)cccc5c34)n2)CCc2c1ccc1oc3ccccc3c21. The third-order valence-corrected chi connectivity index (χ3v) is 11.4. The lowest BCUT2D eigenvalue weighted by Gasteiger charge is -2.18. The lowest BCUT2D eigenvalue weighted by molar-refractivity contribution is 0.668. The molecule has 1 aliphatic rings. The van der Waals surface area contributed by atoms with Crippen LogP contribution in [0.15, 0.2) is 167 Å². The number of allylic oxidation sites excluding steroid dienone is 1. The summed E-state index contributed by atoms with van der Waals surface area (Å²) in [4.78, 5) is 15.9. The van der Waals surface area contributed by atoms with Gasteiger partial charge in [-0.05, 0) is 87.0 Å². The average Bonchev–Trinajstić information content (AvgIpc) is 3.85. The first-order chi connectivity index (χ1) is 27.7. The first-order valence-corrected chi connectivity index (χ1v) is 19.1. The molecule has 11 aromatic rings. The number of aryl methyl sites for hydroxylation is 1. The molecule has 0 saturated carbocycles. The fourth-order valence-corrected chi connectivity index (χ4v) is 8.79. The standard InChI is InChI=1S/C51H31N3O2/c1-2-10-30(11-3-1)38-15-8-16-40-47-41(17-9-19-44(47)56-48(38)40)51-53-49(34-24-26-37-33(28-34)25-27-45-46(37)39-14-6-7-18-43(39)55-45)52-50(54-51)35-23-22-32-21-20-31-12-4-5-13-36(31)42(32)29-35/h1-23,25,27-29H,24,26H2. The van der Waals surface area contributed by atoms with E-state index in [4.69, 9.17) is 23.8 Å². The van der Waals surface area contributed by atoms with E-state index in [1.54, 1.807) is 0 Å². The van der Waals surface area contributed by atoms with Crippen LogP contribution in [-0.4, -0.2) is 15.0 Å². The van der Waals surface area contributed by atoms with E-state index in [2.05, 4.69) is 133 Å². The topological polar surface area (TPSA) is 65.0 Å². The predicted octanol–water partition coefficient (Wildman–Crippen LogP) is 13.5. The Morgan fingerprint density at radius 1 is 0.411 bits per heavy atom. The van der Waals surface area contributed by atoms with E-state index >= 15 is 0 Å². The summed E-state index contributed by atoms with van der Waals surface area (Å²) in [6.45, 7) is 0. The molecule has 0 N–H and O–H groups in total. The van der Waals surface area contributed by atoms with Gasteiger partial charge in [0.05, 0.1) is 0 Å². The van der Waals surface area contributed by atoms with Gasteiger partial charge in [-0.15, -0.1) is 0 Å². The molecule has 3 aromatic heterocycles. The fourth-order valence-electron chi connectivity index (χ4n) is 8.79. The van der Waals surface area contributed by atoms with Crippen molar-refractivity contribution in [1.82, 2.24) is 15.0 Å². The Labute approximate surface area is 321 Å². The van der Waals surface area contributed by atoms with Gasteiger partial charge in [-0.3, -0.25) is 0 Å². The fraction of sp³-hybridized carbons (Fsp3) is 0.0392. The quantitative estimate of drug-likeness (QED) is 0.170. The molecule has 0 atom stereocenters. The van der Waals surface area contributed by atoms with Crippen molar-refractivity contribution >= 4 is 77.1 Å². The Morgan fingerprint density at radius 2 is 1.11 bits per heavy atom. The molecule has 0 spiro atoms. The van der Waals surface area contributed by atoms with Gasteiger partial charge in [0.1, 0.15) is 22.3 Å². The molecule has 5 heteroatoms. The lowest BCUT2D eigenvalue weighted by atomic mass is 9.88. The number of fused-ring (bicyclic) bond motifs is 11. The zero-order valence-corrected chi connectivity index (χ0v) is 30.2. The number of nitrogens with zero attached hydrogens (tertiary/aromatic N) is 3. The number of aromatic nitrogens is 3. The zero-order valence-electron chi connectivity index (χ0n) is 30.2. The summed E-state index contributed by atoms with van der Waals surface area (Å²) < 4.78 is 12.9. The van der Waals surface area contributed by atoms with Gasteiger partial charge in [0.2, 0.25) is 0 Å². The summed E-state index contributed by atoms with van der Waals surface area (Å²) in [6, 6.07) is 54.9. The summed E-state index contributed by atoms with van der Waals surface area (Å²) in [5.41, 5.74) is 11.0. The Kier molecular flexibility index (Phi) is 6.69. The van der Waals surface area contributed by atoms with E-state index in [0.29, 0.717) is 17.5 Å². The summed E-state index contributed by atoms with van der Waals surface area (Å²) in [5.74, 6) is 1.93. The van der Waals surface area contributed by atoms with E-state index in [1.807, 2.05) is 30.3 Å². The Morgan fingerprint density at radius 3 is 2.04 bits per heavy atom. The number of hydrogen-bond acceptors (Lipinski definition) is 5. The second-order valence-electron chi connectivity index (χ2n) is 14.6. The van der Waals surface area contributed by atoms with Crippen LogP contribution in [0.1, 0.15) is 23.4 Å². The first-order valence-electron chi connectivity index (χ1n) is 19.1. The van der Waals surface area contributed by atoms with E-state index in [-0.39, 0.29) is 0 Å². The van der Waals surface area contributed by atoms with Crippen molar-refractivity contribution in [2.75, 3.05) is 0 Å². The van der Waals surface area contributed by atoms with Crippen molar-refractivity contribution in [3.05, 3.63) is 175 Å². The molecular weight excluding hydrogens is 687 g/mol. The van der Waals surface area contributed by atoms with Crippen LogP contribution in [0, 0.1) is 0 Å². The summed E-state index contributed by atoms with van der Waals surface area (Å²) in [6.07, 6.45) is 3.90. The van der Waals surface area contributed by atoms with Crippen LogP contribution in [0.25, 0.3) is 111 Å². The number of furan rings is 2. The summed E-state index contributed by atoms with van der Waals surface area (Å²) in [5, 5.41) is 9.12. The number of hydrogen-bond donors (Lipinski definition) is 0. The monoisotopic (exact) mass is 717 g/mol. The minimum atomic E-state index is 0.615. The molecule has 5 nitrogen and oxygen atoms in total. The van der Waals surface area contributed by atoms with Crippen molar-refractivity contribution in [3.8, 4) is 33.9 Å². The van der Waals surface area contributed by atoms with E-state index in [1.165, 1.54) is 38.1 Å². The van der Waals surface area contributed by atoms with E-state index in [0.717, 1.165) is 79.2 Å². The highest BCUT2D eigenvalue weighted by Crippen LogP contribution is 2.42. The zero-order chi connectivity index (χ0) is 36.7. The van der Waals surface area contributed by atoms with Gasteiger partial charge >= 0.3 is 0 Å². The van der Waals surface area contributed by atoms with Crippen LogP contribution in [0.3, 0.4) is 0 Å². The van der Waals surface area contributed by atoms with Gasteiger partial charge in [-0.25, -0.2) is 15.0 Å². The number of rotatable bonds is 4. The second-order valence-corrected chi connectivity index (χ2v) is 14.6. The molecule has 0 saturated heterocycles. The first kappa shape index (κ1) is 31.0. The van der Waals surface area contributed by atoms with Gasteiger partial charge in [-0.2, -0.15) is 0 Å². The van der Waals surface area contributed by atoms with E-state index < -0.39 is 0 Å². The molecule has 8 aromatic carbocycles. The van der Waals surface area contributed by atoms with Crippen LogP contribution in [-0.2, 0) is 6.42 Å². The summed E-state index contributed by atoms with van der Waals surface area (Å²) in [7, 11) is 0. The number of para-hydroxylation sites is 2. The van der Waals surface area contributed by atoms with Crippen molar-refractivity contribution in [1.29, 1.82) is 0 Å². The molecule has 1 aliphatic carbocycles. The van der Waals surface area contributed by atoms with Gasteiger partial charge in [0.15, 0.2) is 17.5 Å². The van der Waals surface area contributed by atoms with Crippen molar-refractivity contribution in [2.45, 2.75) is 12.8 Å². The molecule has 262 valence electrons. The van der Waals surface area contributed by atoms with Crippen molar-refractivity contribution in [3.63, 3.8) is 0 Å². The molecule has 0 fully saturated rings. The maximum Gasteiger partial charge on any atom is 0.164 e. The molecule has 0 amide bonds. The van der Waals surface area contributed by atoms with Crippen LogP contribution in [0.2, 0.25) is 0 Å². The highest BCUT2D eigenvalue weighted by molar-refractivity contribution is 6.15. The minimum absolute atomic E-state index is 0.615. The highest BCUT2D eigenvalue weighted by Gasteiger charge is 2.23. The average molecular weight is 718 g/mol. The van der Waals surface area contributed by atoms with Crippen LogP contribution in [0.5, 0.6) is 0 Å². The lowest BCUT2D eigenvalue weighted by Crippen LogP contribution is -2.06. The Balaban J connectivity index is 1.09. The molecule has 0 bridgehead atoms. The highest BCUT2D eigenvalue weighted by atomic mass is 16.3. The molecule has 12 rings (SSSR count). The molecule has 3 heterocycles. The third-order valence-electron chi connectivity index (χ3n) is 11.4. The van der Waals surface area contributed by atoms with E-state index in [9.17, 15) is 0 Å². The van der Waals surface area contributed by atoms with Gasteiger partial charge < -0.3 is 8.83 Å². The second kappa shape index (κ2) is 12.1. The predicted molar refractivity (Wildman–Crippen MR) is 228 cm³/mol. The Hall–Kier alpha value is -7.37. The smallest absolute Gasteiger partial charge is 0.164 e. The van der Waals surface area contributed by atoms with Crippen LogP contribution < -0.4 is 0 Å². The molecule has 0 radical (unpaired) electrons. The Bertz CT molecular complexity index is 3430. The normalized spacial score (nSPS) is 13.0. The molecule has 56 heavy (non-hydrogen) atoms. The maximum absolute atomic E-state index is 6.66. The molecular formula is C51H31N3O2. The molecule has 0 unspecified atom stereocenters. The van der Waals surface area contributed by atoms with Crippen LogP contribution >= 0.6 is 0 Å². The van der Waals surface area contributed by atoms with Crippen LogP contribution in [0.4, 0.5) is 0 Å². The van der Waals surface area contributed by atoms with Gasteiger partial charge in [0, 0.05) is 38.2 Å². The van der Waals surface area contributed by atoms with Gasteiger partial charge in [0.25, 0.3) is 0 Å².